The standard InChI is InChI=1S/C18H24FN3O.C3H8.H2/c1-4-23-18(13-14(2)22-11-5-6-12-22)21-15(3)20-17-9-7-16(19)8-10-17;1-3-2;/h7-10,13H,2,4-6,11-12H2,1,3H3,(H,20,21);3H2,1-2H3;1H/b18-13+;;. The number of halogens is 1. The van der Waals surface area contributed by atoms with E-state index in [1.54, 1.807) is 12.1 Å². The van der Waals surface area contributed by atoms with Gasteiger partial charge >= 0.3 is 0 Å². The molecule has 146 valence electrons. The molecule has 1 saturated heterocycles. The number of allylic oxidation sites excluding steroid dienone is 1. The van der Waals surface area contributed by atoms with Gasteiger partial charge in [0.05, 0.1) is 6.61 Å². The maximum atomic E-state index is 12.9. The number of benzene rings is 1. The molecule has 4 nitrogen and oxygen atoms in total. The second-order valence-corrected chi connectivity index (χ2v) is 6.14. The number of anilines is 1. The first-order valence-corrected chi connectivity index (χ1v) is 9.36. The lowest BCUT2D eigenvalue weighted by molar-refractivity contribution is 0.226. The molecule has 0 amide bonds. The predicted molar refractivity (Wildman–Crippen MR) is 111 cm³/mol. The van der Waals surface area contributed by atoms with E-state index in [-0.39, 0.29) is 7.24 Å². The number of hydrogen-bond acceptors (Lipinski definition) is 3. The van der Waals surface area contributed by atoms with E-state index in [4.69, 9.17) is 4.74 Å². The van der Waals surface area contributed by atoms with Crippen molar-refractivity contribution >= 4 is 11.5 Å². The second kappa shape index (κ2) is 12.1. The first-order chi connectivity index (χ1) is 12.5. The van der Waals surface area contributed by atoms with Crippen LogP contribution in [-0.2, 0) is 4.74 Å². The van der Waals surface area contributed by atoms with Gasteiger partial charge in [-0.25, -0.2) is 9.38 Å². The molecule has 0 radical (unpaired) electrons. The molecule has 5 heteroatoms. The smallest absolute Gasteiger partial charge is 0.216 e. The lowest BCUT2D eigenvalue weighted by atomic mass is 10.3. The summed E-state index contributed by atoms with van der Waals surface area (Å²) in [5.41, 5.74) is 1.70. The maximum Gasteiger partial charge on any atom is 0.216 e. The van der Waals surface area contributed by atoms with Crippen molar-refractivity contribution in [2.24, 2.45) is 4.99 Å². The van der Waals surface area contributed by atoms with E-state index in [0.29, 0.717) is 18.3 Å². The van der Waals surface area contributed by atoms with Crippen molar-refractivity contribution in [3.05, 3.63) is 54.3 Å². The highest BCUT2D eigenvalue weighted by molar-refractivity contribution is 5.94. The molecule has 0 unspecified atom stereocenters. The molecule has 2 rings (SSSR count). The van der Waals surface area contributed by atoms with E-state index < -0.39 is 0 Å². The zero-order valence-corrected chi connectivity index (χ0v) is 16.5. The van der Waals surface area contributed by atoms with Crippen molar-refractivity contribution in [3.63, 3.8) is 0 Å². The molecule has 0 aliphatic carbocycles. The number of ether oxygens (including phenoxy) is 1. The third-order valence-electron chi connectivity index (χ3n) is 3.54. The van der Waals surface area contributed by atoms with Crippen LogP contribution in [0.2, 0.25) is 0 Å². The fourth-order valence-corrected chi connectivity index (χ4v) is 2.43. The minimum Gasteiger partial charge on any atom is -0.478 e. The Bertz CT molecular complexity index is 608. The van der Waals surface area contributed by atoms with Gasteiger partial charge in [0.1, 0.15) is 11.7 Å². The van der Waals surface area contributed by atoms with Gasteiger partial charge in [0, 0.05) is 32.0 Å². The third-order valence-corrected chi connectivity index (χ3v) is 3.54. The Morgan fingerprint density at radius 2 is 1.85 bits per heavy atom. The van der Waals surface area contributed by atoms with E-state index in [1.807, 2.05) is 19.9 Å². The number of rotatable bonds is 6. The summed E-state index contributed by atoms with van der Waals surface area (Å²) in [6.45, 7) is 14.7. The third kappa shape index (κ3) is 8.19. The highest BCUT2D eigenvalue weighted by Crippen LogP contribution is 2.16. The van der Waals surface area contributed by atoms with Gasteiger partial charge in [-0.1, -0.05) is 26.8 Å². The van der Waals surface area contributed by atoms with Crippen LogP contribution in [0.5, 0.6) is 0 Å². The number of likely N-dealkylation sites (tertiary alicyclic amines) is 1. The van der Waals surface area contributed by atoms with E-state index >= 15 is 0 Å². The molecule has 0 spiro atoms. The summed E-state index contributed by atoms with van der Waals surface area (Å²) in [6, 6.07) is 6.15. The molecule has 1 aromatic rings. The van der Waals surface area contributed by atoms with Crippen molar-refractivity contribution in [1.82, 2.24) is 4.90 Å². The Balaban J connectivity index is 0.00000158. The van der Waals surface area contributed by atoms with Gasteiger partial charge in [-0.3, -0.25) is 0 Å². The van der Waals surface area contributed by atoms with Crippen molar-refractivity contribution in [2.45, 2.75) is 47.0 Å². The molecule has 1 N–H and O–H groups in total. The molecule has 0 saturated carbocycles. The van der Waals surface area contributed by atoms with Gasteiger partial charge in [-0.15, -0.1) is 0 Å². The van der Waals surface area contributed by atoms with Crippen LogP contribution in [0.15, 0.2) is 53.5 Å². The van der Waals surface area contributed by atoms with Crippen LogP contribution >= 0.6 is 0 Å². The summed E-state index contributed by atoms with van der Waals surface area (Å²) in [4.78, 5) is 6.69. The lowest BCUT2D eigenvalue weighted by Crippen LogP contribution is -2.17. The van der Waals surface area contributed by atoms with E-state index in [9.17, 15) is 4.39 Å². The van der Waals surface area contributed by atoms with Gasteiger partial charge in [-0.05, 0) is 51.0 Å². The Kier molecular flexibility index (Phi) is 10.1. The van der Waals surface area contributed by atoms with Crippen LogP contribution in [-0.4, -0.2) is 30.4 Å². The fourth-order valence-electron chi connectivity index (χ4n) is 2.43. The van der Waals surface area contributed by atoms with Crippen LogP contribution < -0.4 is 5.32 Å². The Labute approximate surface area is 158 Å². The van der Waals surface area contributed by atoms with E-state index in [0.717, 1.165) is 24.5 Å². The maximum absolute atomic E-state index is 12.9. The SMILES string of the molecule is C=C(/C=C(\N=C(/C)Nc1ccc(F)cc1)OCC)N1CCCC1.CCC.[HH]. The summed E-state index contributed by atoms with van der Waals surface area (Å²) >= 11 is 0. The molecule has 1 aliphatic rings. The van der Waals surface area contributed by atoms with Gasteiger partial charge < -0.3 is 15.0 Å². The van der Waals surface area contributed by atoms with Gasteiger partial charge in [0.25, 0.3) is 0 Å². The monoisotopic (exact) mass is 363 g/mol. The molecule has 1 fully saturated rings. The molecule has 1 aromatic carbocycles. The van der Waals surface area contributed by atoms with Crippen molar-refractivity contribution < 1.29 is 10.6 Å². The highest BCUT2D eigenvalue weighted by atomic mass is 19.1. The minimum atomic E-state index is -0.262. The van der Waals surface area contributed by atoms with Crippen LogP contribution in [0.1, 0.15) is 48.4 Å². The van der Waals surface area contributed by atoms with Gasteiger partial charge in [0.15, 0.2) is 0 Å². The average molecular weight is 364 g/mol. The number of aliphatic imine (C=N–C) groups is 1. The van der Waals surface area contributed by atoms with Crippen LogP contribution in [0, 0.1) is 5.82 Å². The highest BCUT2D eigenvalue weighted by Gasteiger charge is 2.12. The summed E-state index contributed by atoms with van der Waals surface area (Å²) < 4.78 is 18.5. The molecule has 1 aliphatic heterocycles. The molecule has 0 bridgehead atoms. The summed E-state index contributed by atoms with van der Waals surface area (Å²) in [5, 5.41) is 3.12. The van der Waals surface area contributed by atoms with Crippen molar-refractivity contribution in [1.29, 1.82) is 0 Å². The minimum absolute atomic E-state index is 0. The van der Waals surface area contributed by atoms with Crippen LogP contribution in [0.25, 0.3) is 0 Å². The molecular weight excluding hydrogens is 329 g/mol. The normalized spacial score (nSPS) is 14.6. The summed E-state index contributed by atoms with van der Waals surface area (Å²) in [5.74, 6) is 0.934. The molecular formula is C21H34FN3O. The zero-order chi connectivity index (χ0) is 19.4. The van der Waals surface area contributed by atoms with E-state index in [1.165, 1.54) is 31.4 Å². The van der Waals surface area contributed by atoms with Crippen LogP contribution in [0.4, 0.5) is 10.1 Å². The molecule has 26 heavy (non-hydrogen) atoms. The summed E-state index contributed by atoms with van der Waals surface area (Å²) in [7, 11) is 0. The average Bonchev–Trinajstić information content (AvgIpc) is 3.12. The largest absolute Gasteiger partial charge is 0.478 e. The number of nitrogens with zero attached hydrogens (tertiary/aromatic N) is 2. The molecule has 1 heterocycles. The number of hydrogen-bond donors (Lipinski definition) is 1. The first-order valence-electron chi connectivity index (χ1n) is 9.36. The quantitative estimate of drug-likeness (QED) is 0.300. The predicted octanol–water partition coefficient (Wildman–Crippen LogP) is 5.81. The van der Waals surface area contributed by atoms with E-state index in [2.05, 4.69) is 35.6 Å². The first kappa shape index (κ1) is 21.7. The van der Waals surface area contributed by atoms with Crippen LogP contribution in [0.3, 0.4) is 0 Å². The molecule has 0 aromatic heterocycles. The summed E-state index contributed by atoms with van der Waals surface area (Å²) in [6.07, 6.45) is 5.52. The Morgan fingerprint density at radius 1 is 1.27 bits per heavy atom. The second-order valence-electron chi connectivity index (χ2n) is 6.14. The Morgan fingerprint density at radius 3 is 2.38 bits per heavy atom. The number of amidine groups is 1. The molecule has 0 atom stereocenters. The fraction of sp³-hybridized carbons (Fsp3) is 0.476. The van der Waals surface area contributed by atoms with Gasteiger partial charge in [-0.2, -0.15) is 0 Å². The Hall–Kier alpha value is -2.30. The van der Waals surface area contributed by atoms with Crippen molar-refractivity contribution in [3.8, 4) is 0 Å². The number of nitrogens with one attached hydrogen (secondary N) is 1. The van der Waals surface area contributed by atoms with Crippen molar-refractivity contribution in [2.75, 3.05) is 25.0 Å². The lowest BCUT2D eigenvalue weighted by Gasteiger charge is -2.18. The topological polar surface area (TPSA) is 36.9 Å². The zero-order valence-electron chi connectivity index (χ0n) is 16.5. The van der Waals surface area contributed by atoms with Gasteiger partial charge in [0.2, 0.25) is 5.88 Å².